The van der Waals surface area contributed by atoms with Crippen LogP contribution in [0, 0.1) is 6.92 Å². The zero-order valence-electron chi connectivity index (χ0n) is 15.5. The van der Waals surface area contributed by atoms with E-state index in [0.717, 1.165) is 15.3 Å². The van der Waals surface area contributed by atoms with Gasteiger partial charge in [-0.1, -0.05) is 25.1 Å². The van der Waals surface area contributed by atoms with E-state index in [1.54, 1.807) is 6.92 Å². The minimum absolute atomic E-state index is 0.125. The van der Waals surface area contributed by atoms with Gasteiger partial charge in [0.1, 0.15) is 5.58 Å². The van der Waals surface area contributed by atoms with Gasteiger partial charge in [0.25, 0.3) is 0 Å². The maximum absolute atomic E-state index is 12.2. The number of nitrogens with one attached hydrogen (secondary N) is 1. The average Bonchev–Trinajstić information content (AvgIpc) is 3.03. The van der Waals surface area contributed by atoms with Gasteiger partial charge in [-0.3, -0.25) is 4.79 Å². The first-order chi connectivity index (χ1) is 12.7. The molecule has 27 heavy (non-hydrogen) atoms. The monoisotopic (exact) mass is 394 g/mol. The van der Waals surface area contributed by atoms with Crippen molar-refractivity contribution in [3.63, 3.8) is 0 Å². The Bertz CT molecular complexity index is 951. The summed E-state index contributed by atoms with van der Waals surface area (Å²) in [5.74, 6) is -0.794. The summed E-state index contributed by atoms with van der Waals surface area (Å²) in [5.41, 5.74) is 1.97. The number of rotatable bonds is 8. The molecule has 1 amide bonds. The predicted molar refractivity (Wildman–Crippen MR) is 104 cm³/mol. The molecule has 0 aliphatic carbocycles. The van der Waals surface area contributed by atoms with Crippen LogP contribution in [0.15, 0.2) is 34.5 Å². The van der Waals surface area contributed by atoms with Crippen molar-refractivity contribution in [1.29, 1.82) is 0 Å². The minimum Gasteiger partial charge on any atom is -0.463 e. The highest BCUT2D eigenvalue weighted by atomic mass is 32.2. The number of likely N-dealkylation sites (N-methyl/N-ethyl adjacent to an activating group) is 1. The van der Waals surface area contributed by atoms with Crippen molar-refractivity contribution < 1.29 is 27.7 Å². The zero-order chi connectivity index (χ0) is 20.2. The lowest BCUT2D eigenvalue weighted by molar-refractivity contribution is -0.120. The summed E-state index contributed by atoms with van der Waals surface area (Å²) in [4.78, 5) is 12.2. The standard InChI is InChI=1S/C17H23BN2O6S/c1-4-20(27(24,25)5-2)10-16(21)19-15(18(22)23)9-13-11-26-17-12(3)7-6-8-14(13)17/h6-9,11,22-23H,4-5,10H2,1-3H3,(H,19,21)/b15-9+. The molecule has 0 bridgehead atoms. The summed E-state index contributed by atoms with van der Waals surface area (Å²) < 4.78 is 30.4. The van der Waals surface area contributed by atoms with E-state index in [1.807, 2.05) is 25.1 Å². The first kappa shape index (κ1) is 21.2. The minimum atomic E-state index is -3.53. The number of aryl methyl sites for hydroxylation is 1. The molecular formula is C17H23BN2O6S. The van der Waals surface area contributed by atoms with Crippen LogP contribution in [-0.2, 0) is 14.8 Å². The van der Waals surface area contributed by atoms with E-state index >= 15 is 0 Å². The number of hydrogen-bond donors (Lipinski definition) is 3. The molecule has 0 radical (unpaired) electrons. The number of sulfonamides is 1. The van der Waals surface area contributed by atoms with Crippen molar-refractivity contribution in [3.8, 4) is 0 Å². The summed E-state index contributed by atoms with van der Waals surface area (Å²) in [6, 6.07) is 5.54. The van der Waals surface area contributed by atoms with Crippen molar-refractivity contribution in [1.82, 2.24) is 9.62 Å². The second-order valence-corrected chi connectivity index (χ2v) is 8.25. The molecule has 1 heterocycles. The molecule has 2 aromatic rings. The molecule has 146 valence electrons. The summed E-state index contributed by atoms with van der Waals surface area (Å²) in [6.07, 6.45) is 2.84. The predicted octanol–water partition coefficient (Wildman–Crippen LogP) is 0.882. The first-order valence-electron chi connectivity index (χ1n) is 8.51. The van der Waals surface area contributed by atoms with Gasteiger partial charge in [0.15, 0.2) is 0 Å². The molecule has 0 saturated heterocycles. The first-order valence-corrected chi connectivity index (χ1v) is 10.1. The maximum Gasteiger partial charge on any atom is 0.505 e. The number of carbonyl (C=O) groups excluding carboxylic acids is 1. The third-order valence-corrected chi connectivity index (χ3v) is 6.03. The summed E-state index contributed by atoms with van der Waals surface area (Å²) >= 11 is 0. The van der Waals surface area contributed by atoms with E-state index in [2.05, 4.69) is 5.32 Å². The zero-order valence-corrected chi connectivity index (χ0v) is 16.3. The van der Waals surface area contributed by atoms with Gasteiger partial charge in [0, 0.05) is 23.1 Å². The quantitative estimate of drug-likeness (QED) is 0.572. The highest BCUT2D eigenvalue weighted by molar-refractivity contribution is 7.89. The van der Waals surface area contributed by atoms with Crippen LogP contribution in [0.25, 0.3) is 17.0 Å². The molecule has 0 fully saturated rings. The number of carbonyl (C=O) groups is 1. The Hall–Kier alpha value is -2.14. The molecule has 3 N–H and O–H groups in total. The third-order valence-electron chi connectivity index (χ3n) is 4.13. The molecule has 8 nitrogen and oxygen atoms in total. The molecule has 0 saturated carbocycles. The molecule has 0 aliphatic rings. The van der Waals surface area contributed by atoms with Crippen LogP contribution >= 0.6 is 0 Å². The number of furan rings is 1. The Morgan fingerprint density at radius 1 is 1.33 bits per heavy atom. The van der Waals surface area contributed by atoms with Gasteiger partial charge < -0.3 is 19.8 Å². The van der Waals surface area contributed by atoms with Gasteiger partial charge in [0.2, 0.25) is 15.9 Å². The number of amides is 1. The Morgan fingerprint density at radius 2 is 2.04 bits per heavy atom. The summed E-state index contributed by atoms with van der Waals surface area (Å²) in [6.45, 7) is 4.72. The van der Waals surface area contributed by atoms with Crippen LogP contribution in [0.1, 0.15) is 25.0 Å². The fourth-order valence-corrected chi connectivity index (χ4v) is 3.70. The second-order valence-electron chi connectivity index (χ2n) is 5.99. The third kappa shape index (κ3) is 4.98. The van der Waals surface area contributed by atoms with Crippen LogP contribution in [0.3, 0.4) is 0 Å². The molecular weight excluding hydrogens is 371 g/mol. The van der Waals surface area contributed by atoms with Crippen LogP contribution in [0.4, 0.5) is 0 Å². The molecule has 10 heteroatoms. The molecule has 2 rings (SSSR count). The van der Waals surface area contributed by atoms with E-state index in [1.165, 1.54) is 19.3 Å². The number of nitrogens with zero attached hydrogens (tertiary/aromatic N) is 1. The number of hydrogen-bond acceptors (Lipinski definition) is 6. The van der Waals surface area contributed by atoms with E-state index in [4.69, 9.17) is 4.42 Å². The lowest BCUT2D eigenvalue weighted by Crippen LogP contribution is -2.43. The Labute approximate surface area is 158 Å². The molecule has 0 aliphatic heterocycles. The average molecular weight is 394 g/mol. The van der Waals surface area contributed by atoms with E-state index in [-0.39, 0.29) is 17.9 Å². The van der Waals surface area contributed by atoms with Gasteiger partial charge in [-0.15, -0.1) is 0 Å². The lowest BCUT2D eigenvalue weighted by Gasteiger charge is -2.19. The van der Waals surface area contributed by atoms with Gasteiger partial charge in [-0.05, 0) is 25.5 Å². The van der Waals surface area contributed by atoms with Crippen LogP contribution in [0.5, 0.6) is 0 Å². The van der Waals surface area contributed by atoms with Crippen molar-refractivity contribution in [2.75, 3.05) is 18.8 Å². The number of benzene rings is 1. The van der Waals surface area contributed by atoms with E-state index < -0.39 is 29.6 Å². The molecule has 0 unspecified atom stereocenters. The van der Waals surface area contributed by atoms with Gasteiger partial charge >= 0.3 is 7.12 Å². The van der Waals surface area contributed by atoms with Crippen molar-refractivity contribution in [2.45, 2.75) is 20.8 Å². The fraction of sp³-hybridized carbons (Fsp3) is 0.353. The molecule has 0 atom stereocenters. The van der Waals surface area contributed by atoms with Gasteiger partial charge in [-0.2, -0.15) is 4.31 Å². The smallest absolute Gasteiger partial charge is 0.463 e. The topological polar surface area (TPSA) is 120 Å². The van der Waals surface area contributed by atoms with Crippen LogP contribution < -0.4 is 5.32 Å². The normalized spacial score (nSPS) is 12.6. The lowest BCUT2D eigenvalue weighted by atomic mass is 9.84. The SMILES string of the molecule is CCN(CC(=O)N/C(=C/c1coc2c(C)cccc12)B(O)O)S(=O)(=O)CC. The largest absolute Gasteiger partial charge is 0.505 e. The van der Waals surface area contributed by atoms with Crippen LogP contribution in [0.2, 0.25) is 0 Å². The van der Waals surface area contributed by atoms with Gasteiger partial charge in [0.05, 0.1) is 18.6 Å². The molecule has 0 spiro atoms. The number of fused-ring (bicyclic) bond motifs is 1. The Kier molecular flexibility index (Phi) is 6.82. The highest BCUT2D eigenvalue weighted by Gasteiger charge is 2.24. The van der Waals surface area contributed by atoms with Crippen molar-refractivity contribution >= 4 is 40.1 Å². The summed E-state index contributed by atoms with van der Waals surface area (Å²) in [7, 11) is -5.47. The number of para-hydroxylation sites is 1. The second kappa shape index (κ2) is 8.70. The summed E-state index contributed by atoms with van der Waals surface area (Å²) in [5, 5.41) is 22.3. The van der Waals surface area contributed by atoms with Crippen molar-refractivity contribution in [2.24, 2.45) is 0 Å². The van der Waals surface area contributed by atoms with Crippen LogP contribution in [-0.4, -0.2) is 54.6 Å². The Balaban J connectivity index is 2.26. The van der Waals surface area contributed by atoms with E-state index in [9.17, 15) is 23.3 Å². The highest BCUT2D eigenvalue weighted by Crippen LogP contribution is 2.25. The van der Waals surface area contributed by atoms with Crippen molar-refractivity contribution in [3.05, 3.63) is 41.2 Å². The fourth-order valence-electron chi connectivity index (χ4n) is 2.63. The van der Waals surface area contributed by atoms with Gasteiger partial charge in [-0.25, -0.2) is 8.42 Å². The van der Waals surface area contributed by atoms with E-state index in [0.29, 0.717) is 11.1 Å². The molecule has 1 aromatic carbocycles. The Morgan fingerprint density at radius 3 is 2.63 bits per heavy atom. The maximum atomic E-state index is 12.2. The molecule has 1 aromatic heterocycles.